The quantitative estimate of drug-likeness (QED) is 0.857. The third-order valence-electron chi connectivity index (χ3n) is 2.30. The van der Waals surface area contributed by atoms with E-state index in [0.29, 0.717) is 5.75 Å². The van der Waals surface area contributed by atoms with E-state index in [4.69, 9.17) is 9.84 Å². The Hall–Kier alpha value is -2.23. The maximum atomic E-state index is 11.0. The Morgan fingerprint density at radius 3 is 2.81 bits per heavy atom. The summed E-state index contributed by atoms with van der Waals surface area (Å²) in [7, 11) is 1.58. The van der Waals surface area contributed by atoms with Gasteiger partial charge in [0, 0.05) is 18.0 Å². The molecule has 0 aliphatic heterocycles. The van der Waals surface area contributed by atoms with Crippen LogP contribution < -0.4 is 4.74 Å². The van der Waals surface area contributed by atoms with Crippen molar-refractivity contribution in [2.75, 3.05) is 7.11 Å². The molecule has 2 rings (SSSR count). The van der Waals surface area contributed by atoms with Gasteiger partial charge in [-0.05, 0) is 24.3 Å². The molecule has 1 N–H and O–H groups in total. The van der Waals surface area contributed by atoms with Gasteiger partial charge in [0.1, 0.15) is 11.4 Å². The number of rotatable bonds is 3. The molecule has 16 heavy (non-hydrogen) atoms. The van der Waals surface area contributed by atoms with E-state index < -0.39 is 5.97 Å². The first-order valence-corrected chi connectivity index (χ1v) is 4.77. The van der Waals surface area contributed by atoms with Gasteiger partial charge in [0.05, 0.1) is 7.11 Å². The van der Waals surface area contributed by atoms with E-state index in [0.717, 1.165) is 5.69 Å². The largest absolute Gasteiger partial charge is 0.497 e. The molecule has 0 aliphatic carbocycles. The van der Waals surface area contributed by atoms with Gasteiger partial charge in [-0.25, -0.2) is 4.79 Å². The molecule has 0 atom stereocenters. The summed E-state index contributed by atoms with van der Waals surface area (Å²) in [6, 6.07) is 10.5. The summed E-state index contributed by atoms with van der Waals surface area (Å²) >= 11 is 0. The van der Waals surface area contributed by atoms with Gasteiger partial charge in [0.25, 0.3) is 0 Å². The van der Waals surface area contributed by atoms with Crippen LogP contribution >= 0.6 is 0 Å². The molecule has 0 spiro atoms. The molecule has 0 amide bonds. The maximum absolute atomic E-state index is 11.0. The highest BCUT2D eigenvalue weighted by Gasteiger charge is 2.10. The predicted molar refractivity (Wildman–Crippen MR) is 59.3 cm³/mol. The summed E-state index contributed by atoms with van der Waals surface area (Å²) in [5.74, 6) is -0.254. The Bertz CT molecular complexity index is 516. The molecule has 1 heterocycles. The fourth-order valence-corrected chi connectivity index (χ4v) is 1.54. The molecular weight excluding hydrogens is 206 g/mol. The van der Waals surface area contributed by atoms with Gasteiger partial charge >= 0.3 is 5.97 Å². The number of hydrogen-bond acceptors (Lipinski definition) is 2. The van der Waals surface area contributed by atoms with Crippen molar-refractivity contribution in [2.24, 2.45) is 0 Å². The van der Waals surface area contributed by atoms with E-state index in [-0.39, 0.29) is 5.69 Å². The van der Waals surface area contributed by atoms with Gasteiger partial charge in [0.2, 0.25) is 0 Å². The standard InChI is InChI=1S/C12H11NO3/c1-16-10-5-2-4-9(8-10)13-7-3-6-11(13)12(14)15/h2-8H,1H3,(H,14,15). The first-order chi connectivity index (χ1) is 7.72. The van der Waals surface area contributed by atoms with E-state index in [2.05, 4.69) is 0 Å². The van der Waals surface area contributed by atoms with Crippen LogP contribution in [0.4, 0.5) is 0 Å². The Balaban J connectivity index is 2.50. The number of carboxylic acid groups (broad SMARTS) is 1. The number of methoxy groups -OCH3 is 1. The fourth-order valence-electron chi connectivity index (χ4n) is 1.54. The summed E-state index contributed by atoms with van der Waals surface area (Å²) in [6.45, 7) is 0. The lowest BCUT2D eigenvalue weighted by atomic mass is 10.3. The number of aromatic nitrogens is 1. The molecule has 0 saturated carbocycles. The van der Waals surface area contributed by atoms with Crippen LogP contribution in [0.25, 0.3) is 5.69 Å². The zero-order chi connectivity index (χ0) is 11.5. The molecule has 0 aliphatic rings. The van der Waals surface area contributed by atoms with Crippen molar-refractivity contribution >= 4 is 5.97 Å². The lowest BCUT2D eigenvalue weighted by molar-refractivity contribution is 0.0688. The lowest BCUT2D eigenvalue weighted by Gasteiger charge is -2.07. The molecule has 1 aromatic carbocycles. The molecule has 0 saturated heterocycles. The number of carbonyl (C=O) groups is 1. The number of carboxylic acids is 1. The van der Waals surface area contributed by atoms with E-state index in [9.17, 15) is 4.79 Å². The summed E-state index contributed by atoms with van der Waals surface area (Å²) in [5, 5.41) is 8.99. The average Bonchev–Trinajstić information content (AvgIpc) is 2.78. The third kappa shape index (κ3) is 1.77. The second-order valence-electron chi connectivity index (χ2n) is 3.27. The van der Waals surface area contributed by atoms with Crippen LogP contribution in [0.3, 0.4) is 0 Å². The van der Waals surface area contributed by atoms with Crippen LogP contribution in [0.5, 0.6) is 5.75 Å². The molecule has 0 fully saturated rings. The predicted octanol–water partition coefficient (Wildman–Crippen LogP) is 2.18. The Labute approximate surface area is 92.7 Å². The summed E-state index contributed by atoms with van der Waals surface area (Å²) in [6.07, 6.45) is 1.71. The van der Waals surface area contributed by atoms with Gasteiger partial charge in [0.15, 0.2) is 0 Å². The minimum absolute atomic E-state index is 0.230. The van der Waals surface area contributed by atoms with Crippen molar-refractivity contribution < 1.29 is 14.6 Å². The average molecular weight is 217 g/mol. The van der Waals surface area contributed by atoms with Crippen molar-refractivity contribution in [3.63, 3.8) is 0 Å². The molecule has 0 unspecified atom stereocenters. The normalized spacial score (nSPS) is 10.1. The smallest absolute Gasteiger partial charge is 0.352 e. The molecular formula is C12H11NO3. The number of aromatic carboxylic acids is 1. The summed E-state index contributed by atoms with van der Waals surface area (Å²) in [4.78, 5) is 11.0. The molecule has 0 radical (unpaired) electrons. The second-order valence-corrected chi connectivity index (χ2v) is 3.27. The zero-order valence-electron chi connectivity index (χ0n) is 8.75. The SMILES string of the molecule is COc1cccc(-n2cccc2C(=O)O)c1. The van der Waals surface area contributed by atoms with Gasteiger partial charge in [-0.15, -0.1) is 0 Å². The van der Waals surface area contributed by atoms with Crippen molar-refractivity contribution in [2.45, 2.75) is 0 Å². The van der Waals surface area contributed by atoms with Crippen molar-refractivity contribution in [1.82, 2.24) is 4.57 Å². The van der Waals surface area contributed by atoms with Crippen LogP contribution in [0.2, 0.25) is 0 Å². The highest BCUT2D eigenvalue weighted by Crippen LogP contribution is 2.18. The van der Waals surface area contributed by atoms with Crippen LogP contribution in [-0.4, -0.2) is 22.8 Å². The van der Waals surface area contributed by atoms with Crippen LogP contribution in [0, 0.1) is 0 Å². The van der Waals surface area contributed by atoms with Crippen LogP contribution in [0.15, 0.2) is 42.6 Å². The lowest BCUT2D eigenvalue weighted by Crippen LogP contribution is -2.05. The molecule has 0 bridgehead atoms. The minimum atomic E-state index is -0.951. The first-order valence-electron chi connectivity index (χ1n) is 4.77. The zero-order valence-corrected chi connectivity index (χ0v) is 8.75. The van der Waals surface area contributed by atoms with Crippen molar-refractivity contribution in [3.8, 4) is 11.4 Å². The molecule has 82 valence electrons. The second kappa shape index (κ2) is 4.10. The Morgan fingerprint density at radius 2 is 2.12 bits per heavy atom. The van der Waals surface area contributed by atoms with Crippen LogP contribution in [0.1, 0.15) is 10.5 Å². The number of nitrogens with zero attached hydrogens (tertiary/aromatic N) is 1. The molecule has 2 aromatic rings. The number of hydrogen-bond donors (Lipinski definition) is 1. The summed E-state index contributed by atoms with van der Waals surface area (Å²) < 4.78 is 6.69. The molecule has 4 nitrogen and oxygen atoms in total. The highest BCUT2D eigenvalue weighted by molar-refractivity contribution is 5.86. The van der Waals surface area contributed by atoms with E-state index in [1.807, 2.05) is 18.2 Å². The van der Waals surface area contributed by atoms with E-state index >= 15 is 0 Å². The van der Waals surface area contributed by atoms with Crippen LogP contribution in [-0.2, 0) is 0 Å². The van der Waals surface area contributed by atoms with Gasteiger partial charge < -0.3 is 14.4 Å². The minimum Gasteiger partial charge on any atom is -0.497 e. The van der Waals surface area contributed by atoms with E-state index in [1.54, 1.807) is 36.1 Å². The van der Waals surface area contributed by atoms with Gasteiger partial charge in [-0.2, -0.15) is 0 Å². The van der Waals surface area contributed by atoms with Gasteiger partial charge in [-0.1, -0.05) is 6.07 Å². The topological polar surface area (TPSA) is 51.5 Å². The van der Waals surface area contributed by atoms with Gasteiger partial charge in [-0.3, -0.25) is 0 Å². The monoisotopic (exact) mass is 217 g/mol. The fraction of sp³-hybridized carbons (Fsp3) is 0.0833. The Morgan fingerprint density at radius 1 is 1.31 bits per heavy atom. The molecule has 4 heteroatoms. The van der Waals surface area contributed by atoms with Crippen molar-refractivity contribution in [1.29, 1.82) is 0 Å². The van der Waals surface area contributed by atoms with E-state index in [1.165, 1.54) is 0 Å². The molecule has 1 aromatic heterocycles. The van der Waals surface area contributed by atoms with Crippen molar-refractivity contribution in [3.05, 3.63) is 48.3 Å². The number of benzene rings is 1. The summed E-state index contributed by atoms with van der Waals surface area (Å²) in [5.41, 5.74) is 0.995. The highest BCUT2D eigenvalue weighted by atomic mass is 16.5. The Kier molecular flexibility index (Phi) is 2.64. The maximum Gasteiger partial charge on any atom is 0.352 e. The number of ether oxygens (including phenoxy) is 1. The third-order valence-corrected chi connectivity index (χ3v) is 2.30. The first kappa shape index (κ1) is 10.3.